The van der Waals surface area contributed by atoms with Crippen LogP contribution in [0.5, 0.6) is 0 Å². The molecule has 0 fully saturated rings. The van der Waals surface area contributed by atoms with E-state index in [4.69, 9.17) is 0 Å². The first-order chi connectivity index (χ1) is 14.9. The minimum absolute atomic E-state index is 0.101. The molecule has 2 amide bonds. The third kappa shape index (κ3) is 7.56. The summed E-state index contributed by atoms with van der Waals surface area (Å²) in [6, 6.07) is 10.0. The Morgan fingerprint density at radius 2 is 1.59 bits per heavy atom. The van der Waals surface area contributed by atoms with Crippen molar-refractivity contribution >= 4 is 17.5 Å². The van der Waals surface area contributed by atoms with Gasteiger partial charge >= 0.3 is 12.4 Å². The molecule has 0 radical (unpaired) electrons. The minimum atomic E-state index is -4.66. The van der Waals surface area contributed by atoms with E-state index in [1.807, 2.05) is 0 Å². The number of anilines is 1. The number of hydrogen-bond acceptors (Lipinski definition) is 3. The van der Waals surface area contributed by atoms with E-state index in [1.165, 1.54) is 36.4 Å². The molecule has 32 heavy (non-hydrogen) atoms. The highest BCUT2D eigenvalue weighted by atomic mass is 19.4. The monoisotopic (exact) mass is 462 g/mol. The summed E-state index contributed by atoms with van der Waals surface area (Å²) in [6.45, 7) is -0.494. The van der Waals surface area contributed by atoms with Gasteiger partial charge in [0.15, 0.2) is 0 Å². The first-order valence-electron chi connectivity index (χ1n) is 9.39. The number of nitrogens with zero attached hydrogens (tertiary/aromatic N) is 1. The quantitative estimate of drug-likeness (QED) is 0.569. The van der Waals surface area contributed by atoms with Crippen LogP contribution >= 0.6 is 0 Å². The van der Waals surface area contributed by atoms with Crippen LogP contribution in [0.4, 0.5) is 32.0 Å². The molecule has 5 nitrogen and oxygen atoms in total. The van der Waals surface area contributed by atoms with Gasteiger partial charge in [0.1, 0.15) is 13.2 Å². The molecule has 2 rings (SSSR count). The maximum Gasteiger partial charge on any atom is 0.418 e. The number of nitrogens with one attached hydrogen (secondary N) is 1. The van der Waals surface area contributed by atoms with Crippen LogP contribution in [-0.2, 0) is 22.3 Å². The Labute approximate surface area is 180 Å². The molecule has 0 spiro atoms. The summed E-state index contributed by atoms with van der Waals surface area (Å²) < 4.78 is 80.1. The molecule has 0 bridgehead atoms. The molecule has 0 heterocycles. The fourth-order valence-electron chi connectivity index (χ4n) is 2.74. The summed E-state index contributed by atoms with van der Waals surface area (Å²) >= 11 is 0. The van der Waals surface area contributed by atoms with Crippen molar-refractivity contribution in [2.45, 2.75) is 25.9 Å². The molecule has 0 aliphatic heterocycles. The number of likely N-dealkylation sites (N-methyl/N-ethyl adjacent to an activating group) is 1. The Morgan fingerprint density at radius 1 is 0.969 bits per heavy atom. The number of rotatable bonds is 8. The molecule has 0 aliphatic rings. The number of para-hydroxylation sites is 1. The van der Waals surface area contributed by atoms with Gasteiger partial charge in [-0.1, -0.05) is 24.3 Å². The number of hydrogen-bond donors (Lipinski definition) is 1. The summed E-state index contributed by atoms with van der Waals surface area (Å²) in [6.07, 6.45) is -9.10. The Hall–Kier alpha value is -3.08. The molecule has 2 aromatic rings. The van der Waals surface area contributed by atoms with E-state index in [2.05, 4.69) is 10.1 Å². The molecular formula is C21H20F6N2O3. The highest BCUT2D eigenvalue weighted by Gasteiger charge is 2.33. The van der Waals surface area contributed by atoms with Crippen LogP contribution in [0.3, 0.4) is 0 Å². The van der Waals surface area contributed by atoms with Crippen LogP contribution in [0.2, 0.25) is 0 Å². The molecule has 0 unspecified atom stereocenters. The van der Waals surface area contributed by atoms with E-state index in [1.54, 1.807) is 6.92 Å². The van der Waals surface area contributed by atoms with Gasteiger partial charge in [-0.2, -0.15) is 26.3 Å². The van der Waals surface area contributed by atoms with Crippen molar-refractivity contribution in [1.82, 2.24) is 4.90 Å². The number of halogens is 6. The molecule has 0 aliphatic carbocycles. The number of ether oxygens (including phenoxy) is 1. The Morgan fingerprint density at radius 3 is 2.16 bits per heavy atom. The van der Waals surface area contributed by atoms with Crippen LogP contribution in [0.15, 0.2) is 48.5 Å². The summed E-state index contributed by atoms with van der Waals surface area (Å²) in [7, 11) is 0. The predicted molar refractivity (Wildman–Crippen MR) is 104 cm³/mol. The maximum absolute atomic E-state index is 13.1. The first kappa shape index (κ1) is 25.2. The number of amides is 2. The van der Waals surface area contributed by atoms with Crippen LogP contribution in [0.1, 0.15) is 28.4 Å². The van der Waals surface area contributed by atoms with Crippen LogP contribution in [0.25, 0.3) is 0 Å². The predicted octanol–water partition coefficient (Wildman–Crippen LogP) is 4.89. The number of carbonyl (C=O) groups is 2. The zero-order chi connectivity index (χ0) is 23.9. The second-order valence-corrected chi connectivity index (χ2v) is 6.72. The summed E-state index contributed by atoms with van der Waals surface area (Å²) in [4.78, 5) is 26.0. The minimum Gasteiger partial charge on any atom is -0.367 e. The van der Waals surface area contributed by atoms with Gasteiger partial charge in [0, 0.05) is 12.1 Å². The molecule has 0 atom stereocenters. The van der Waals surface area contributed by atoms with Crippen LogP contribution in [-0.4, -0.2) is 42.6 Å². The average Bonchev–Trinajstić information content (AvgIpc) is 2.70. The molecule has 1 N–H and O–H groups in total. The molecule has 174 valence electrons. The van der Waals surface area contributed by atoms with Crippen molar-refractivity contribution in [3.8, 4) is 0 Å². The van der Waals surface area contributed by atoms with Gasteiger partial charge in [0.2, 0.25) is 5.91 Å². The maximum atomic E-state index is 13.1. The second-order valence-electron chi connectivity index (χ2n) is 6.72. The van der Waals surface area contributed by atoms with Gasteiger partial charge in [-0.3, -0.25) is 9.59 Å². The summed E-state index contributed by atoms with van der Waals surface area (Å²) in [5.41, 5.74) is -0.854. The fourth-order valence-corrected chi connectivity index (χ4v) is 2.74. The summed E-state index contributed by atoms with van der Waals surface area (Å²) in [5.74, 6) is -1.37. The number of benzene rings is 2. The molecular weight excluding hydrogens is 442 g/mol. The Kier molecular flexibility index (Phi) is 8.25. The fraction of sp³-hybridized carbons (Fsp3) is 0.333. The first-order valence-corrected chi connectivity index (χ1v) is 9.39. The highest BCUT2D eigenvalue weighted by Crippen LogP contribution is 2.34. The van der Waals surface area contributed by atoms with Crippen LogP contribution in [0, 0.1) is 0 Å². The third-order valence-electron chi connectivity index (χ3n) is 4.25. The highest BCUT2D eigenvalue weighted by molar-refractivity contribution is 5.99. The van der Waals surface area contributed by atoms with E-state index in [0.29, 0.717) is 5.56 Å². The normalized spacial score (nSPS) is 11.8. The van der Waals surface area contributed by atoms with E-state index >= 15 is 0 Å². The van der Waals surface area contributed by atoms with Crippen LogP contribution < -0.4 is 5.32 Å². The molecule has 0 saturated heterocycles. The SMILES string of the molecule is CCN(CC(=O)Nc1ccccc1C(F)(F)F)C(=O)c1ccc(COCC(F)(F)F)cc1. The van der Waals surface area contributed by atoms with Crippen molar-refractivity contribution in [1.29, 1.82) is 0 Å². The number of carbonyl (C=O) groups excluding carboxylic acids is 2. The average molecular weight is 462 g/mol. The van der Waals surface area contributed by atoms with E-state index in [-0.39, 0.29) is 18.7 Å². The van der Waals surface area contributed by atoms with Gasteiger partial charge in [-0.05, 0) is 36.8 Å². The van der Waals surface area contributed by atoms with Crippen molar-refractivity contribution < 1.29 is 40.7 Å². The molecule has 0 aromatic heterocycles. The molecule has 11 heteroatoms. The topological polar surface area (TPSA) is 58.6 Å². The Balaban J connectivity index is 2.00. The largest absolute Gasteiger partial charge is 0.418 e. The zero-order valence-corrected chi connectivity index (χ0v) is 16.9. The molecule has 0 saturated carbocycles. The van der Waals surface area contributed by atoms with Crippen molar-refractivity contribution in [3.63, 3.8) is 0 Å². The lowest BCUT2D eigenvalue weighted by Crippen LogP contribution is -2.38. The molecule has 2 aromatic carbocycles. The standard InChI is InChI=1S/C21H20F6N2O3/c1-2-29(11-18(30)28-17-6-4-3-5-16(17)21(25,26)27)19(31)15-9-7-14(8-10-15)12-32-13-20(22,23)24/h3-10H,2,11-13H2,1H3,(H,28,30). The van der Waals surface area contributed by atoms with Crippen molar-refractivity contribution in [2.24, 2.45) is 0 Å². The van der Waals surface area contributed by atoms with Gasteiger partial charge in [-0.15, -0.1) is 0 Å². The zero-order valence-electron chi connectivity index (χ0n) is 16.9. The van der Waals surface area contributed by atoms with E-state index in [0.717, 1.165) is 17.0 Å². The van der Waals surface area contributed by atoms with E-state index in [9.17, 15) is 35.9 Å². The van der Waals surface area contributed by atoms with Gasteiger partial charge in [-0.25, -0.2) is 0 Å². The van der Waals surface area contributed by atoms with Gasteiger partial charge < -0.3 is 15.0 Å². The lowest BCUT2D eigenvalue weighted by Gasteiger charge is -2.21. The number of alkyl halides is 6. The lowest BCUT2D eigenvalue weighted by molar-refractivity contribution is -0.176. The third-order valence-corrected chi connectivity index (χ3v) is 4.25. The van der Waals surface area contributed by atoms with Gasteiger partial charge in [0.25, 0.3) is 5.91 Å². The second kappa shape index (κ2) is 10.5. The lowest BCUT2D eigenvalue weighted by atomic mass is 10.1. The smallest absolute Gasteiger partial charge is 0.367 e. The van der Waals surface area contributed by atoms with Gasteiger partial charge in [0.05, 0.1) is 17.9 Å². The summed E-state index contributed by atoms with van der Waals surface area (Å²) in [5, 5.41) is 2.17. The van der Waals surface area contributed by atoms with Crippen molar-refractivity contribution in [2.75, 3.05) is 25.0 Å². The van der Waals surface area contributed by atoms with Crippen molar-refractivity contribution in [3.05, 3.63) is 65.2 Å². The Bertz CT molecular complexity index is 926. The van der Waals surface area contributed by atoms with E-state index < -0.39 is 48.6 Å².